The lowest BCUT2D eigenvalue weighted by molar-refractivity contribution is -0.139. The van der Waals surface area contributed by atoms with E-state index in [1.165, 1.54) is 19.2 Å². The van der Waals surface area contributed by atoms with Gasteiger partial charge in [-0.05, 0) is 24.1 Å². The largest absolute Gasteiger partial charge is 0.468 e. The first-order valence-electron chi connectivity index (χ1n) is 4.10. The Labute approximate surface area is 90.2 Å². The van der Waals surface area contributed by atoms with Crippen LogP contribution >= 0.6 is 15.9 Å². The second-order valence-corrected chi connectivity index (χ2v) is 3.93. The van der Waals surface area contributed by atoms with E-state index in [9.17, 15) is 9.18 Å². The fourth-order valence-electron chi connectivity index (χ4n) is 1.08. The molecule has 4 heteroatoms. The van der Waals surface area contributed by atoms with Crippen LogP contribution in [0.25, 0.3) is 0 Å². The maximum atomic E-state index is 12.8. The summed E-state index contributed by atoms with van der Waals surface area (Å²) in [5.41, 5.74) is 0.761. The predicted octanol–water partition coefficient (Wildman–Crippen LogP) is 2.30. The summed E-state index contributed by atoms with van der Waals surface area (Å²) in [6, 6.07) is 6.14. The highest BCUT2D eigenvalue weighted by Gasteiger charge is 2.15. The van der Waals surface area contributed by atoms with Gasteiger partial charge >= 0.3 is 5.97 Å². The highest BCUT2D eigenvalue weighted by atomic mass is 79.9. The van der Waals surface area contributed by atoms with Gasteiger partial charge in [-0.1, -0.05) is 28.1 Å². The van der Waals surface area contributed by atoms with Crippen molar-refractivity contribution in [1.82, 2.24) is 0 Å². The number of carbonyl (C=O) groups is 1. The standard InChI is InChI=1S/C10H10BrFO2/c1-14-10(13)9(11)6-7-3-2-4-8(12)5-7/h2-5,9H,6H2,1H3. The molecule has 0 fully saturated rings. The van der Waals surface area contributed by atoms with Crippen LogP contribution in [0.4, 0.5) is 4.39 Å². The third-order valence-electron chi connectivity index (χ3n) is 1.76. The zero-order valence-electron chi connectivity index (χ0n) is 7.67. The zero-order chi connectivity index (χ0) is 10.6. The third-order valence-corrected chi connectivity index (χ3v) is 2.46. The van der Waals surface area contributed by atoms with Gasteiger partial charge in [0, 0.05) is 0 Å². The SMILES string of the molecule is COC(=O)C(Br)Cc1cccc(F)c1. The molecule has 0 bridgehead atoms. The van der Waals surface area contributed by atoms with Crippen molar-refractivity contribution in [3.05, 3.63) is 35.6 Å². The number of benzene rings is 1. The van der Waals surface area contributed by atoms with E-state index in [1.807, 2.05) is 0 Å². The Kier molecular flexibility index (Phi) is 4.07. The Bertz CT molecular complexity index is 328. The molecule has 0 amide bonds. The van der Waals surface area contributed by atoms with Gasteiger partial charge in [0.05, 0.1) is 7.11 Å². The van der Waals surface area contributed by atoms with Gasteiger partial charge in [0.2, 0.25) is 0 Å². The van der Waals surface area contributed by atoms with Crippen LogP contribution in [0.15, 0.2) is 24.3 Å². The van der Waals surface area contributed by atoms with Gasteiger partial charge < -0.3 is 4.74 Å². The van der Waals surface area contributed by atoms with E-state index in [-0.39, 0.29) is 11.8 Å². The van der Waals surface area contributed by atoms with Crippen molar-refractivity contribution < 1.29 is 13.9 Å². The summed E-state index contributed by atoms with van der Waals surface area (Å²) in [5, 5.41) is 0. The summed E-state index contributed by atoms with van der Waals surface area (Å²) in [6.07, 6.45) is 0.421. The summed E-state index contributed by atoms with van der Waals surface area (Å²) in [7, 11) is 1.32. The second-order valence-electron chi connectivity index (χ2n) is 2.82. The van der Waals surface area contributed by atoms with Gasteiger partial charge in [0.1, 0.15) is 10.6 Å². The summed E-state index contributed by atoms with van der Waals surface area (Å²) >= 11 is 3.17. The number of rotatable bonds is 3. The molecule has 1 atom stereocenters. The third kappa shape index (κ3) is 3.10. The first kappa shape index (κ1) is 11.2. The number of hydrogen-bond acceptors (Lipinski definition) is 2. The Balaban J connectivity index is 2.64. The van der Waals surface area contributed by atoms with Crippen molar-refractivity contribution in [2.75, 3.05) is 7.11 Å². The molecule has 1 aromatic rings. The van der Waals surface area contributed by atoms with Crippen LogP contribution in [0.2, 0.25) is 0 Å². The molecule has 1 unspecified atom stereocenters. The minimum atomic E-state index is -0.422. The molecular weight excluding hydrogens is 251 g/mol. The molecule has 2 nitrogen and oxygen atoms in total. The highest BCUT2D eigenvalue weighted by Crippen LogP contribution is 2.12. The number of esters is 1. The van der Waals surface area contributed by atoms with Crippen molar-refractivity contribution in [3.63, 3.8) is 0 Å². The summed E-state index contributed by atoms with van der Waals surface area (Å²) in [5.74, 6) is -0.652. The molecule has 0 heterocycles. The molecule has 76 valence electrons. The maximum absolute atomic E-state index is 12.8. The quantitative estimate of drug-likeness (QED) is 0.616. The Morgan fingerprint density at radius 2 is 2.36 bits per heavy atom. The van der Waals surface area contributed by atoms with Crippen molar-refractivity contribution in [1.29, 1.82) is 0 Å². The molecule has 14 heavy (non-hydrogen) atoms. The van der Waals surface area contributed by atoms with Crippen LogP contribution in [-0.2, 0) is 16.0 Å². The number of ether oxygens (including phenoxy) is 1. The van der Waals surface area contributed by atoms with Gasteiger partial charge in [0.15, 0.2) is 0 Å². The van der Waals surface area contributed by atoms with Gasteiger partial charge in [-0.2, -0.15) is 0 Å². The molecule has 0 spiro atoms. The molecule has 0 aromatic heterocycles. The smallest absolute Gasteiger partial charge is 0.319 e. The summed E-state index contributed by atoms with van der Waals surface area (Å²) < 4.78 is 17.3. The average Bonchev–Trinajstić information content (AvgIpc) is 2.16. The normalized spacial score (nSPS) is 12.2. The molecule has 0 saturated heterocycles. The summed E-state index contributed by atoms with van der Waals surface area (Å²) in [6.45, 7) is 0. The monoisotopic (exact) mass is 260 g/mol. The first-order valence-corrected chi connectivity index (χ1v) is 5.01. The van der Waals surface area contributed by atoms with E-state index in [4.69, 9.17) is 0 Å². The van der Waals surface area contributed by atoms with Gasteiger partial charge in [-0.25, -0.2) is 4.39 Å². The van der Waals surface area contributed by atoms with Crippen molar-refractivity contribution >= 4 is 21.9 Å². The van der Waals surface area contributed by atoms with Crippen LogP contribution in [0.1, 0.15) is 5.56 Å². The number of halogens is 2. The maximum Gasteiger partial charge on any atom is 0.319 e. The van der Waals surface area contributed by atoms with Crippen LogP contribution in [-0.4, -0.2) is 17.9 Å². The van der Waals surface area contributed by atoms with Crippen LogP contribution in [0, 0.1) is 5.82 Å². The van der Waals surface area contributed by atoms with Gasteiger partial charge in [-0.15, -0.1) is 0 Å². The van der Waals surface area contributed by atoms with E-state index in [0.29, 0.717) is 6.42 Å². The van der Waals surface area contributed by atoms with Crippen LogP contribution in [0.5, 0.6) is 0 Å². The lowest BCUT2D eigenvalue weighted by atomic mass is 10.1. The number of alkyl halides is 1. The molecular formula is C10H10BrFO2. The highest BCUT2D eigenvalue weighted by molar-refractivity contribution is 9.10. The van der Waals surface area contributed by atoms with Crippen LogP contribution < -0.4 is 0 Å². The number of hydrogen-bond donors (Lipinski definition) is 0. The van der Waals surface area contributed by atoms with Crippen molar-refractivity contribution in [3.8, 4) is 0 Å². The molecule has 0 radical (unpaired) electrons. The van der Waals surface area contributed by atoms with Crippen molar-refractivity contribution in [2.24, 2.45) is 0 Å². The molecule has 0 N–H and O–H groups in total. The van der Waals surface area contributed by atoms with Crippen LogP contribution in [0.3, 0.4) is 0 Å². The second kappa shape index (κ2) is 5.10. The Hall–Kier alpha value is -0.900. The number of methoxy groups -OCH3 is 1. The lowest BCUT2D eigenvalue weighted by Crippen LogP contribution is -2.18. The fourth-order valence-corrected chi connectivity index (χ4v) is 1.64. The minimum Gasteiger partial charge on any atom is -0.468 e. The van der Waals surface area contributed by atoms with E-state index in [2.05, 4.69) is 20.7 Å². The topological polar surface area (TPSA) is 26.3 Å². The van der Waals surface area contributed by atoms with E-state index >= 15 is 0 Å². The Morgan fingerprint density at radius 1 is 1.64 bits per heavy atom. The molecule has 0 aliphatic heterocycles. The molecule has 0 aliphatic carbocycles. The van der Waals surface area contributed by atoms with E-state index in [0.717, 1.165) is 5.56 Å². The zero-order valence-corrected chi connectivity index (χ0v) is 9.25. The van der Waals surface area contributed by atoms with Crippen molar-refractivity contribution in [2.45, 2.75) is 11.2 Å². The molecule has 1 aromatic carbocycles. The summed E-state index contributed by atoms with van der Waals surface area (Å²) in [4.78, 5) is 10.6. The molecule has 0 aliphatic rings. The minimum absolute atomic E-state index is 0.299. The predicted molar refractivity (Wildman–Crippen MR) is 54.8 cm³/mol. The molecule has 0 saturated carbocycles. The Morgan fingerprint density at radius 3 is 2.93 bits per heavy atom. The fraction of sp³-hybridized carbons (Fsp3) is 0.300. The molecule has 1 rings (SSSR count). The van der Waals surface area contributed by atoms with E-state index in [1.54, 1.807) is 12.1 Å². The van der Waals surface area contributed by atoms with Gasteiger partial charge in [-0.3, -0.25) is 4.79 Å². The van der Waals surface area contributed by atoms with Gasteiger partial charge in [0.25, 0.3) is 0 Å². The first-order chi connectivity index (χ1) is 6.63. The average molecular weight is 261 g/mol. The van der Waals surface area contributed by atoms with E-state index < -0.39 is 4.83 Å². The lowest BCUT2D eigenvalue weighted by Gasteiger charge is -2.07. The number of carbonyl (C=O) groups excluding carboxylic acids is 1.